The lowest BCUT2D eigenvalue weighted by molar-refractivity contribution is 0.110. The Labute approximate surface area is 111 Å². The van der Waals surface area contributed by atoms with Gasteiger partial charge in [0.25, 0.3) is 0 Å². The Morgan fingerprint density at radius 2 is 2.29 bits per heavy atom. The van der Waals surface area contributed by atoms with Crippen LogP contribution in [0.25, 0.3) is 0 Å². The SMILES string of the molecule is NC1CC(C2CCSC2)Oc2ccc(Cl)cc21. The smallest absolute Gasteiger partial charge is 0.124 e. The highest BCUT2D eigenvalue weighted by atomic mass is 35.5. The number of hydrogen-bond acceptors (Lipinski definition) is 3. The minimum Gasteiger partial charge on any atom is -0.490 e. The van der Waals surface area contributed by atoms with Crippen molar-refractivity contribution >= 4 is 23.4 Å². The number of fused-ring (bicyclic) bond motifs is 1. The van der Waals surface area contributed by atoms with E-state index in [1.807, 2.05) is 30.0 Å². The lowest BCUT2D eigenvalue weighted by Crippen LogP contribution is -2.35. The minimum absolute atomic E-state index is 0.0630. The minimum atomic E-state index is 0.0630. The zero-order valence-electron chi connectivity index (χ0n) is 9.56. The van der Waals surface area contributed by atoms with Gasteiger partial charge in [-0.25, -0.2) is 0 Å². The molecule has 3 rings (SSSR count). The van der Waals surface area contributed by atoms with Crippen molar-refractivity contribution in [3.63, 3.8) is 0 Å². The molecule has 1 aromatic rings. The van der Waals surface area contributed by atoms with Crippen molar-refractivity contribution < 1.29 is 4.74 Å². The van der Waals surface area contributed by atoms with Gasteiger partial charge in [-0.05, 0) is 36.1 Å². The first-order valence-corrected chi connectivity index (χ1v) is 7.57. The molecule has 1 saturated heterocycles. The maximum absolute atomic E-state index is 6.23. The van der Waals surface area contributed by atoms with Crippen molar-refractivity contribution in [3.8, 4) is 5.75 Å². The van der Waals surface area contributed by atoms with Gasteiger partial charge in [-0.3, -0.25) is 0 Å². The first-order chi connectivity index (χ1) is 8.24. The van der Waals surface area contributed by atoms with Gasteiger partial charge in [-0.2, -0.15) is 11.8 Å². The number of hydrogen-bond donors (Lipinski definition) is 1. The van der Waals surface area contributed by atoms with E-state index in [4.69, 9.17) is 22.1 Å². The summed E-state index contributed by atoms with van der Waals surface area (Å²) in [6.45, 7) is 0. The van der Waals surface area contributed by atoms with Gasteiger partial charge in [0, 0.05) is 29.0 Å². The fourth-order valence-corrected chi connectivity index (χ4v) is 4.14. The number of benzene rings is 1. The van der Waals surface area contributed by atoms with Gasteiger partial charge in [0.1, 0.15) is 11.9 Å². The molecule has 2 N–H and O–H groups in total. The van der Waals surface area contributed by atoms with Crippen LogP contribution in [0.5, 0.6) is 5.75 Å². The molecule has 1 aromatic carbocycles. The summed E-state index contributed by atoms with van der Waals surface area (Å²) in [5.41, 5.74) is 7.28. The Kier molecular flexibility index (Phi) is 3.24. The standard InChI is InChI=1S/C13H16ClNOS/c14-9-1-2-12-10(5-9)11(15)6-13(16-12)8-3-4-17-7-8/h1-2,5,8,11,13H,3-4,6-7,15H2. The van der Waals surface area contributed by atoms with E-state index >= 15 is 0 Å². The highest BCUT2D eigenvalue weighted by molar-refractivity contribution is 7.99. The second kappa shape index (κ2) is 4.71. The Morgan fingerprint density at radius 1 is 1.41 bits per heavy atom. The van der Waals surface area contributed by atoms with E-state index in [1.165, 1.54) is 17.9 Å². The molecule has 4 heteroatoms. The largest absolute Gasteiger partial charge is 0.490 e. The fraction of sp³-hybridized carbons (Fsp3) is 0.538. The van der Waals surface area contributed by atoms with Crippen LogP contribution in [0, 0.1) is 5.92 Å². The predicted molar refractivity (Wildman–Crippen MR) is 72.8 cm³/mol. The van der Waals surface area contributed by atoms with Crippen molar-refractivity contribution in [2.45, 2.75) is 25.0 Å². The molecule has 2 aliphatic heterocycles. The first kappa shape index (κ1) is 11.7. The number of rotatable bonds is 1. The molecular weight excluding hydrogens is 254 g/mol. The summed E-state index contributed by atoms with van der Waals surface area (Å²) < 4.78 is 6.09. The van der Waals surface area contributed by atoms with Gasteiger partial charge < -0.3 is 10.5 Å². The highest BCUT2D eigenvalue weighted by Crippen LogP contribution is 2.40. The molecule has 2 heterocycles. The van der Waals surface area contributed by atoms with Gasteiger partial charge in [0.15, 0.2) is 0 Å². The van der Waals surface area contributed by atoms with Gasteiger partial charge in [-0.1, -0.05) is 11.6 Å². The summed E-state index contributed by atoms with van der Waals surface area (Å²) >= 11 is 8.01. The molecule has 17 heavy (non-hydrogen) atoms. The van der Waals surface area contributed by atoms with Gasteiger partial charge >= 0.3 is 0 Å². The van der Waals surface area contributed by atoms with E-state index in [1.54, 1.807) is 0 Å². The normalized spacial score (nSPS) is 32.0. The molecular formula is C13H16ClNOS. The van der Waals surface area contributed by atoms with E-state index in [2.05, 4.69) is 0 Å². The molecule has 2 aliphatic rings. The molecule has 92 valence electrons. The summed E-state index contributed by atoms with van der Waals surface area (Å²) in [7, 11) is 0. The number of nitrogens with two attached hydrogens (primary N) is 1. The quantitative estimate of drug-likeness (QED) is 0.850. The average Bonchev–Trinajstić information content (AvgIpc) is 2.83. The van der Waals surface area contributed by atoms with Crippen molar-refractivity contribution in [2.75, 3.05) is 11.5 Å². The van der Waals surface area contributed by atoms with Gasteiger partial charge in [0.05, 0.1) is 0 Å². The number of thioether (sulfide) groups is 1. The molecule has 0 bridgehead atoms. The van der Waals surface area contributed by atoms with Crippen molar-refractivity contribution in [2.24, 2.45) is 11.7 Å². The summed E-state index contributed by atoms with van der Waals surface area (Å²) in [5, 5.41) is 0.734. The van der Waals surface area contributed by atoms with Crippen LogP contribution in [-0.4, -0.2) is 17.6 Å². The molecule has 1 fully saturated rings. The molecule has 0 amide bonds. The molecule has 0 spiro atoms. The topological polar surface area (TPSA) is 35.2 Å². The molecule has 3 unspecified atom stereocenters. The first-order valence-electron chi connectivity index (χ1n) is 6.03. The van der Waals surface area contributed by atoms with E-state index in [9.17, 15) is 0 Å². The van der Waals surface area contributed by atoms with Crippen LogP contribution in [0.15, 0.2) is 18.2 Å². The Bertz CT molecular complexity index is 420. The monoisotopic (exact) mass is 269 g/mol. The van der Waals surface area contributed by atoms with Crippen LogP contribution in [0.1, 0.15) is 24.4 Å². The van der Waals surface area contributed by atoms with E-state index in [-0.39, 0.29) is 12.1 Å². The molecule has 3 atom stereocenters. The van der Waals surface area contributed by atoms with E-state index in [0.29, 0.717) is 5.92 Å². The Balaban J connectivity index is 1.84. The van der Waals surface area contributed by atoms with Crippen LogP contribution in [0.2, 0.25) is 5.02 Å². The summed E-state index contributed by atoms with van der Waals surface area (Å²) in [6, 6.07) is 5.82. The summed E-state index contributed by atoms with van der Waals surface area (Å²) in [5.74, 6) is 4.05. The van der Waals surface area contributed by atoms with Crippen LogP contribution in [-0.2, 0) is 0 Å². The van der Waals surface area contributed by atoms with Crippen LogP contribution in [0.4, 0.5) is 0 Å². The molecule has 2 nitrogen and oxygen atoms in total. The highest BCUT2D eigenvalue weighted by Gasteiger charge is 2.33. The van der Waals surface area contributed by atoms with Crippen molar-refractivity contribution in [1.29, 1.82) is 0 Å². The molecule has 0 radical (unpaired) electrons. The van der Waals surface area contributed by atoms with Crippen molar-refractivity contribution in [3.05, 3.63) is 28.8 Å². The molecule has 0 saturated carbocycles. The lowest BCUT2D eigenvalue weighted by Gasteiger charge is -2.33. The molecule has 0 aliphatic carbocycles. The van der Waals surface area contributed by atoms with E-state index < -0.39 is 0 Å². The zero-order valence-corrected chi connectivity index (χ0v) is 11.1. The van der Waals surface area contributed by atoms with E-state index in [0.717, 1.165) is 22.8 Å². The number of ether oxygens (including phenoxy) is 1. The maximum Gasteiger partial charge on any atom is 0.124 e. The Hall–Kier alpha value is -0.380. The lowest BCUT2D eigenvalue weighted by atomic mass is 9.90. The Morgan fingerprint density at radius 3 is 3.06 bits per heavy atom. The second-order valence-corrected chi connectivity index (χ2v) is 6.39. The summed E-state index contributed by atoms with van der Waals surface area (Å²) in [4.78, 5) is 0. The third-order valence-electron chi connectivity index (χ3n) is 3.63. The maximum atomic E-state index is 6.23. The zero-order chi connectivity index (χ0) is 11.8. The average molecular weight is 270 g/mol. The predicted octanol–water partition coefficient (Wildman–Crippen LogP) is 3.24. The van der Waals surface area contributed by atoms with Crippen LogP contribution >= 0.6 is 23.4 Å². The van der Waals surface area contributed by atoms with Crippen LogP contribution in [0.3, 0.4) is 0 Å². The van der Waals surface area contributed by atoms with Gasteiger partial charge in [0.2, 0.25) is 0 Å². The van der Waals surface area contributed by atoms with Crippen LogP contribution < -0.4 is 10.5 Å². The third-order valence-corrected chi connectivity index (χ3v) is 5.05. The van der Waals surface area contributed by atoms with Gasteiger partial charge in [-0.15, -0.1) is 0 Å². The molecule has 0 aromatic heterocycles. The second-order valence-electron chi connectivity index (χ2n) is 4.80. The van der Waals surface area contributed by atoms with Crippen molar-refractivity contribution in [1.82, 2.24) is 0 Å². The third kappa shape index (κ3) is 2.28. The number of halogens is 1. The summed E-state index contributed by atoms with van der Waals surface area (Å²) in [6.07, 6.45) is 2.46. The fourth-order valence-electron chi connectivity index (χ4n) is 2.64.